The predicted octanol–water partition coefficient (Wildman–Crippen LogP) is 4.66. The number of para-hydroxylation sites is 2. The number of anilines is 1. The number of hydrogen-bond acceptors (Lipinski definition) is 5. The van der Waals surface area contributed by atoms with Gasteiger partial charge in [-0.15, -0.1) is 0 Å². The zero-order valence-electron chi connectivity index (χ0n) is 17.3. The molecule has 1 amide bonds. The van der Waals surface area contributed by atoms with Crippen LogP contribution in [0.2, 0.25) is 0 Å². The molecule has 0 N–H and O–H groups in total. The number of ether oxygens (including phenoxy) is 1. The van der Waals surface area contributed by atoms with Crippen molar-refractivity contribution < 1.29 is 9.53 Å². The molecule has 156 valence electrons. The molecule has 0 atom stereocenters. The fraction of sp³-hybridized carbons (Fsp3) is 0.333. The molecule has 0 saturated carbocycles. The highest BCUT2D eigenvalue weighted by Crippen LogP contribution is 2.33. The van der Waals surface area contributed by atoms with Gasteiger partial charge >= 0.3 is 0 Å². The molecular formula is C24H27N3O2S. The highest BCUT2D eigenvalue weighted by atomic mass is 32.2. The van der Waals surface area contributed by atoms with E-state index in [1.165, 1.54) is 17.4 Å². The highest BCUT2D eigenvalue weighted by molar-refractivity contribution is 8.18. The third-order valence-corrected chi connectivity index (χ3v) is 6.29. The van der Waals surface area contributed by atoms with Gasteiger partial charge in [0, 0.05) is 37.4 Å². The molecule has 2 aliphatic rings. The molecule has 0 aliphatic carbocycles. The molecule has 1 saturated heterocycles. The minimum atomic E-state index is -0.163. The van der Waals surface area contributed by atoms with Crippen molar-refractivity contribution >= 4 is 34.6 Å². The number of benzene rings is 2. The van der Waals surface area contributed by atoms with Crippen LogP contribution in [0.1, 0.15) is 25.3 Å². The highest BCUT2D eigenvalue weighted by Gasteiger charge is 2.28. The third kappa shape index (κ3) is 4.87. The Hall–Kier alpha value is -2.73. The molecule has 0 bridgehead atoms. The van der Waals surface area contributed by atoms with E-state index in [-0.39, 0.29) is 5.91 Å². The van der Waals surface area contributed by atoms with Crippen molar-refractivity contribution in [2.45, 2.75) is 19.8 Å². The van der Waals surface area contributed by atoms with E-state index in [0.717, 1.165) is 55.5 Å². The van der Waals surface area contributed by atoms with Gasteiger partial charge in [-0.3, -0.25) is 4.79 Å². The molecule has 0 aromatic heterocycles. The van der Waals surface area contributed by atoms with E-state index in [1.807, 2.05) is 36.4 Å². The molecule has 0 unspecified atom stereocenters. The number of amides is 1. The second-order valence-electron chi connectivity index (χ2n) is 7.36. The number of piperazine rings is 1. The van der Waals surface area contributed by atoms with Crippen molar-refractivity contribution in [3.05, 3.63) is 65.1 Å². The van der Waals surface area contributed by atoms with Crippen molar-refractivity contribution in [3.63, 3.8) is 0 Å². The van der Waals surface area contributed by atoms with E-state index < -0.39 is 0 Å². The molecule has 30 heavy (non-hydrogen) atoms. The number of rotatable bonds is 6. The summed E-state index contributed by atoms with van der Waals surface area (Å²) in [6.07, 6.45) is 4.01. The van der Waals surface area contributed by atoms with Crippen LogP contribution in [0.3, 0.4) is 0 Å². The summed E-state index contributed by atoms with van der Waals surface area (Å²) in [5.74, 6) is 0.653. The summed E-state index contributed by atoms with van der Waals surface area (Å²) in [5.41, 5.74) is 2.17. The van der Waals surface area contributed by atoms with Crippen LogP contribution in [0.4, 0.5) is 5.69 Å². The SMILES string of the molecule is CCCCOc1ccccc1/C=C1\SC(N2CCN(c3ccccc3)CC2)=NC1=O. The normalized spacial score (nSPS) is 18.1. The van der Waals surface area contributed by atoms with E-state index in [2.05, 4.69) is 46.0 Å². The van der Waals surface area contributed by atoms with Crippen LogP contribution < -0.4 is 9.64 Å². The van der Waals surface area contributed by atoms with Gasteiger partial charge in [0.05, 0.1) is 11.5 Å². The van der Waals surface area contributed by atoms with Gasteiger partial charge in [-0.1, -0.05) is 49.7 Å². The molecule has 0 spiro atoms. The van der Waals surface area contributed by atoms with Gasteiger partial charge in [0.25, 0.3) is 5.91 Å². The van der Waals surface area contributed by atoms with Crippen LogP contribution in [0.5, 0.6) is 5.75 Å². The first-order chi connectivity index (χ1) is 14.7. The molecule has 0 radical (unpaired) electrons. The van der Waals surface area contributed by atoms with Crippen molar-refractivity contribution in [1.82, 2.24) is 4.90 Å². The Kier molecular flexibility index (Phi) is 6.74. The third-order valence-electron chi connectivity index (χ3n) is 5.24. The van der Waals surface area contributed by atoms with Crippen LogP contribution in [0.25, 0.3) is 6.08 Å². The Labute approximate surface area is 182 Å². The fourth-order valence-corrected chi connectivity index (χ4v) is 4.48. The summed E-state index contributed by atoms with van der Waals surface area (Å²) >= 11 is 1.47. The van der Waals surface area contributed by atoms with E-state index in [0.29, 0.717) is 11.5 Å². The second-order valence-corrected chi connectivity index (χ2v) is 8.37. The predicted molar refractivity (Wildman–Crippen MR) is 125 cm³/mol. The van der Waals surface area contributed by atoms with Gasteiger partial charge in [-0.05, 0) is 42.5 Å². The Balaban J connectivity index is 1.39. The van der Waals surface area contributed by atoms with E-state index in [4.69, 9.17) is 4.74 Å². The maximum absolute atomic E-state index is 12.5. The van der Waals surface area contributed by atoms with Crippen LogP contribution >= 0.6 is 11.8 Å². The quantitative estimate of drug-likeness (QED) is 0.501. The first kappa shape index (κ1) is 20.5. The lowest BCUT2D eigenvalue weighted by atomic mass is 10.2. The van der Waals surface area contributed by atoms with Crippen LogP contribution in [0.15, 0.2) is 64.5 Å². The minimum absolute atomic E-state index is 0.163. The number of carbonyl (C=O) groups excluding carboxylic acids is 1. The number of thioether (sulfide) groups is 1. The van der Waals surface area contributed by atoms with Gasteiger partial charge in [0.15, 0.2) is 5.17 Å². The summed E-state index contributed by atoms with van der Waals surface area (Å²) in [5, 5.41) is 0.809. The van der Waals surface area contributed by atoms with Crippen LogP contribution in [-0.2, 0) is 4.79 Å². The topological polar surface area (TPSA) is 45.1 Å². The number of unbranched alkanes of at least 4 members (excludes halogenated alkanes) is 1. The number of nitrogens with zero attached hydrogens (tertiary/aromatic N) is 3. The van der Waals surface area contributed by atoms with Gasteiger partial charge in [-0.25, -0.2) is 0 Å². The monoisotopic (exact) mass is 421 g/mol. The summed E-state index contributed by atoms with van der Waals surface area (Å²) in [4.78, 5) is 22.1. The van der Waals surface area contributed by atoms with Crippen molar-refractivity contribution in [2.24, 2.45) is 4.99 Å². The lowest BCUT2D eigenvalue weighted by Crippen LogP contribution is -2.47. The van der Waals surface area contributed by atoms with E-state index in [9.17, 15) is 4.79 Å². The van der Waals surface area contributed by atoms with Gasteiger partial charge in [-0.2, -0.15) is 4.99 Å². The van der Waals surface area contributed by atoms with Gasteiger partial charge < -0.3 is 14.5 Å². The van der Waals surface area contributed by atoms with E-state index >= 15 is 0 Å². The summed E-state index contributed by atoms with van der Waals surface area (Å²) < 4.78 is 5.90. The lowest BCUT2D eigenvalue weighted by molar-refractivity contribution is -0.113. The van der Waals surface area contributed by atoms with Crippen molar-refractivity contribution in [2.75, 3.05) is 37.7 Å². The lowest BCUT2D eigenvalue weighted by Gasteiger charge is -2.36. The number of aliphatic imine (C=N–C) groups is 1. The molecule has 2 aliphatic heterocycles. The molecule has 2 heterocycles. The number of hydrogen-bond donors (Lipinski definition) is 0. The number of carbonyl (C=O) groups is 1. The average Bonchev–Trinajstić information content (AvgIpc) is 3.16. The standard InChI is InChI=1S/C24H27N3O2S/c1-2-3-17-29-21-12-8-7-9-19(21)18-22-23(28)25-24(30-22)27-15-13-26(14-16-27)20-10-5-4-6-11-20/h4-12,18H,2-3,13-17H2,1H3/b22-18-. The fourth-order valence-electron chi connectivity index (χ4n) is 3.53. The maximum Gasteiger partial charge on any atom is 0.286 e. The average molecular weight is 422 g/mol. The maximum atomic E-state index is 12.5. The Morgan fingerprint density at radius 3 is 2.47 bits per heavy atom. The molecule has 2 aromatic rings. The Bertz CT molecular complexity index is 934. The van der Waals surface area contributed by atoms with Crippen molar-refractivity contribution in [1.29, 1.82) is 0 Å². The minimum Gasteiger partial charge on any atom is -0.493 e. The zero-order chi connectivity index (χ0) is 20.8. The molecular weight excluding hydrogens is 394 g/mol. The molecule has 4 rings (SSSR count). The Morgan fingerprint density at radius 1 is 1.00 bits per heavy atom. The van der Waals surface area contributed by atoms with Crippen LogP contribution in [-0.4, -0.2) is 48.8 Å². The first-order valence-corrected chi connectivity index (χ1v) is 11.4. The zero-order valence-corrected chi connectivity index (χ0v) is 18.1. The van der Waals surface area contributed by atoms with Gasteiger partial charge in [0.2, 0.25) is 0 Å². The molecule has 2 aromatic carbocycles. The summed E-state index contributed by atoms with van der Waals surface area (Å²) in [6.45, 7) is 6.39. The summed E-state index contributed by atoms with van der Waals surface area (Å²) in [6, 6.07) is 18.3. The summed E-state index contributed by atoms with van der Waals surface area (Å²) in [7, 11) is 0. The molecule has 6 heteroatoms. The Morgan fingerprint density at radius 2 is 1.70 bits per heavy atom. The van der Waals surface area contributed by atoms with Crippen LogP contribution in [0, 0.1) is 0 Å². The van der Waals surface area contributed by atoms with Gasteiger partial charge in [0.1, 0.15) is 5.75 Å². The number of amidine groups is 1. The molecule has 5 nitrogen and oxygen atoms in total. The smallest absolute Gasteiger partial charge is 0.286 e. The molecule has 1 fully saturated rings. The second kappa shape index (κ2) is 9.85. The van der Waals surface area contributed by atoms with E-state index in [1.54, 1.807) is 0 Å². The van der Waals surface area contributed by atoms with Crippen molar-refractivity contribution in [3.8, 4) is 5.75 Å². The first-order valence-electron chi connectivity index (χ1n) is 10.5. The largest absolute Gasteiger partial charge is 0.493 e.